The molecule has 0 fully saturated rings. The van der Waals surface area contributed by atoms with Crippen molar-refractivity contribution in [2.24, 2.45) is 0 Å². The predicted octanol–water partition coefficient (Wildman–Crippen LogP) is 5.59. The summed E-state index contributed by atoms with van der Waals surface area (Å²) in [6.07, 6.45) is 1.70. The third kappa shape index (κ3) is 3.62. The first kappa shape index (κ1) is 18.2. The summed E-state index contributed by atoms with van der Waals surface area (Å²) in [6.45, 7) is 1.79. The smallest absolute Gasteiger partial charge is 0.343 e. The second-order valence-electron chi connectivity index (χ2n) is 6.36. The number of fused-ring (bicyclic) bond motifs is 1. The van der Waals surface area contributed by atoms with Crippen LogP contribution in [0.1, 0.15) is 31.8 Å². The number of allylic oxidation sites excluding steroid dienone is 1. The maximum absolute atomic E-state index is 12.7. The van der Waals surface area contributed by atoms with E-state index in [9.17, 15) is 9.59 Å². The van der Waals surface area contributed by atoms with Gasteiger partial charge in [0.1, 0.15) is 11.5 Å². The van der Waals surface area contributed by atoms with Gasteiger partial charge in [-0.05, 0) is 54.5 Å². The quantitative estimate of drug-likeness (QED) is 0.306. The van der Waals surface area contributed by atoms with Gasteiger partial charge in [0.25, 0.3) is 0 Å². The molecule has 0 bridgehead atoms. The highest BCUT2D eigenvalue weighted by atomic mass is 79.9. The van der Waals surface area contributed by atoms with Gasteiger partial charge in [-0.15, -0.1) is 0 Å². The van der Waals surface area contributed by atoms with E-state index in [2.05, 4.69) is 15.9 Å². The summed E-state index contributed by atoms with van der Waals surface area (Å²) in [5.74, 6) is 0.322. The Morgan fingerprint density at radius 1 is 1.04 bits per heavy atom. The second kappa shape index (κ2) is 7.44. The van der Waals surface area contributed by atoms with E-state index in [1.54, 1.807) is 49.4 Å². The van der Waals surface area contributed by atoms with Crippen molar-refractivity contribution in [3.63, 3.8) is 0 Å². The first-order valence-electron chi connectivity index (χ1n) is 8.63. The normalized spacial score (nSPS) is 13.9. The molecule has 0 spiro atoms. The second-order valence-corrected chi connectivity index (χ2v) is 7.28. The number of esters is 1. The lowest BCUT2D eigenvalue weighted by Gasteiger charge is -2.08. The van der Waals surface area contributed by atoms with E-state index in [4.69, 9.17) is 9.47 Å². The average Bonchev–Trinajstić information content (AvgIpc) is 2.99. The number of hydrogen-bond donors (Lipinski definition) is 0. The van der Waals surface area contributed by atoms with Gasteiger partial charge in [0.15, 0.2) is 5.76 Å². The van der Waals surface area contributed by atoms with E-state index in [0.717, 1.165) is 10.0 Å². The molecule has 0 saturated heterocycles. The van der Waals surface area contributed by atoms with Gasteiger partial charge in [0.05, 0.1) is 11.1 Å². The minimum absolute atomic E-state index is 0.179. The lowest BCUT2D eigenvalue weighted by molar-refractivity contribution is 0.0734. The number of ether oxygens (including phenoxy) is 2. The third-order valence-electron chi connectivity index (χ3n) is 4.33. The number of carbonyl (C=O) groups is 2. The Kier molecular flexibility index (Phi) is 4.84. The molecule has 1 aliphatic heterocycles. The van der Waals surface area contributed by atoms with E-state index in [-0.39, 0.29) is 11.5 Å². The molecule has 0 aromatic heterocycles. The van der Waals surface area contributed by atoms with Gasteiger partial charge < -0.3 is 9.47 Å². The summed E-state index contributed by atoms with van der Waals surface area (Å²) < 4.78 is 12.1. The van der Waals surface area contributed by atoms with Crippen molar-refractivity contribution in [3.8, 4) is 11.5 Å². The maximum atomic E-state index is 12.7. The predicted molar refractivity (Wildman–Crippen MR) is 110 cm³/mol. The fourth-order valence-corrected chi connectivity index (χ4v) is 3.25. The zero-order valence-corrected chi connectivity index (χ0v) is 16.5. The minimum atomic E-state index is -0.476. The molecular formula is C23H15BrO4. The molecule has 3 aromatic rings. The molecule has 4 rings (SSSR count). The molecule has 0 saturated carbocycles. The number of Topliss-reactive ketones (excluding diaryl/α,β-unsaturated/α-hetero) is 1. The van der Waals surface area contributed by atoms with E-state index >= 15 is 0 Å². The van der Waals surface area contributed by atoms with Crippen LogP contribution in [0.3, 0.4) is 0 Å². The Balaban J connectivity index is 1.60. The van der Waals surface area contributed by atoms with Gasteiger partial charge in [0.2, 0.25) is 5.78 Å². The van der Waals surface area contributed by atoms with Crippen molar-refractivity contribution in [1.82, 2.24) is 0 Å². The molecule has 28 heavy (non-hydrogen) atoms. The van der Waals surface area contributed by atoms with Crippen LogP contribution in [-0.2, 0) is 0 Å². The van der Waals surface area contributed by atoms with Crippen molar-refractivity contribution >= 4 is 33.8 Å². The highest BCUT2D eigenvalue weighted by Gasteiger charge is 2.30. The van der Waals surface area contributed by atoms with Crippen LogP contribution in [0.5, 0.6) is 11.5 Å². The van der Waals surface area contributed by atoms with Gasteiger partial charge in [-0.25, -0.2) is 4.79 Å². The molecule has 0 N–H and O–H groups in total. The highest BCUT2D eigenvalue weighted by Crippen LogP contribution is 2.37. The number of ketones is 1. The molecule has 1 aliphatic rings. The lowest BCUT2D eigenvalue weighted by atomic mass is 10.0. The molecule has 0 unspecified atom stereocenters. The van der Waals surface area contributed by atoms with E-state index in [1.807, 2.05) is 30.3 Å². The maximum Gasteiger partial charge on any atom is 0.343 e. The van der Waals surface area contributed by atoms with Crippen molar-refractivity contribution < 1.29 is 19.1 Å². The highest BCUT2D eigenvalue weighted by molar-refractivity contribution is 9.10. The number of aryl methyl sites for hydroxylation is 1. The average molecular weight is 435 g/mol. The Hall–Kier alpha value is -3.18. The molecular weight excluding hydrogens is 420 g/mol. The van der Waals surface area contributed by atoms with Crippen LogP contribution in [0.4, 0.5) is 0 Å². The first-order valence-corrected chi connectivity index (χ1v) is 9.42. The summed E-state index contributed by atoms with van der Waals surface area (Å²) in [5, 5.41) is 0. The zero-order valence-electron chi connectivity index (χ0n) is 14.9. The number of halogens is 1. The summed E-state index contributed by atoms with van der Waals surface area (Å²) >= 11 is 3.33. The van der Waals surface area contributed by atoms with Gasteiger partial charge in [0, 0.05) is 10.5 Å². The van der Waals surface area contributed by atoms with Gasteiger partial charge in [-0.3, -0.25) is 4.79 Å². The van der Waals surface area contributed by atoms with E-state index in [1.165, 1.54) is 0 Å². The summed E-state index contributed by atoms with van der Waals surface area (Å²) in [7, 11) is 0. The van der Waals surface area contributed by atoms with E-state index < -0.39 is 5.97 Å². The largest absolute Gasteiger partial charge is 0.452 e. The van der Waals surface area contributed by atoms with Crippen molar-refractivity contribution in [2.75, 3.05) is 0 Å². The fourth-order valence-electron chi connectivity index (χ4n) is 2.99. The van der Waals surface area contributed by atoms with Gasteiger partial charge in [-0.2, -0.15) is 0 Å². The number of hydrogen-bond acceptors (Lipinski definition) is 4. The van der Waals surface area contributed by atoms with Crippen molar-refractivity contribution in [3.05, 3.63) is 99.2 Å². The van der Waals surface area contributed by atoms with Crippen molar-refractivity contribution in [1.29, 1.82) is 0 Å². The lowest BCUT2D eigenvalue weighted by Crippen LogP contribution is -2.08. The number of rotatable bonds is 3. The van der Waals surface area contributed by atoms with Gasteiger partial charge in [-0.1, -0.05) is 46.3 Å². The Morgan fingerprint density at radius 3 is 2.46 bits per heavy atom. The number of benzene rings is 3. The molecule has 5 heteroatoms. The minimum Gasteiger partial charge on any atom is -0.452 e. The van der Waals surface area contributed by atoms with E-state index in [0.29, 0.717) is 28.2 Å². The van der Waals surface area contributed by atoms with Crippen LogP contribution in [-0.4, -0.2) is 11.8 Å². The molecule has 0 aliphatic carbocycles. The number of carbonyl (C=O) groups excluding carboxylic acids is 2. The van der Waals surface area contributed by atoms with Gasteiger partial charge >= 0.3 is 5.97 Å². The molecule has 138 valence electrons. The van der Waals surface area contributed by atoms with Crippen LogP contribution >= 0.6 is 15.9 Å². The molecule has 0 atom stereocenters. The van der Waals surface area contributed by atoms with Crippen LogP contribution in [0, 0.1) is 6.92 Å². The SMILES string of the molecule is Cc1cc(OC(=O)c2ccc(Br)cc2)cc2c1C(=O)/C(=C/c1ccccc1)O2. The molecule has 1 heterocycles. The molecule has 4 nitrogen and oxygen atoms in total. The standard InChI is InChI=1S/C23H15BrO4/c1-14-11-18(27-23(26)16-7-9-17(24)10-8-16)13-19-21(14)22(25)20(28-19)12-15-5-3-2-4-6-15/h2-13H,1H3/b20-12-. The van der Waals surface area contributed by atoms with Crippen LogP contribution < -0.4 is 9.47 Å². The first-order chi connectivity index (χ1) is 13.5. The Labute approximate surface area is 170 Å². The monoisotopic (exact) mass is 434 g/mol. The van der Waals surface area contributed by atoms with Crippen LogP contribution in [0.25, 0.3) is 6.08 Å². The van der Waals surface area contributed by atoms with Crippen molar-refractivity contribution in [2.45, 2.75) is 6.92 Å². The molecule has 3 aromatic carbocycles. The third-order valence-corrected chi connectivity index (χ3v) is 4.86. The summed E-state index contributed by atoms with van der Waals surface area (Å²) in [6, 6.07) is 19.6. The summed E-state index contributed by atoms with van der Waals surface area (Å²) in [4.78, 5) is 25.1. The molecule has 0 amide bonds. The Bertz CT molecular complexity index is 1100. The zero-order chi connectivity index (χ0) is 19.7. The topological polar surface area (TPSA) is 52.6 Å². The molecule has 0 radical (unpaired) electrons. The Morgan fingerprint density at radius 2 is 1.75 bits per heavy atom. The fraction of sp³-hybridized carbons (Fsp3) is 0.0435. The summed E-state index contributed by atoms with van der Waals surface area (Å²) in [5.41, 5.74) is 2.49. The van der Waals surface area contributed by atoms with Crippen LogP contribution in [0.2, 0.25) is 0 Å². The van der Waals surface area contributed by atoms with Crippen LogP contribution in [0.15, 0.2) is 77.0 Å².